The Labute approximate surface area is 136 Å². The van der Waals surface area contributed by atoms with Crippen molar-refractivity contribution < 1.29 is 9.31 Å². The number of nitrogens with one attached hydrogen (secondary N) is 1. The van der Waals surface area contributed by atoms with Gasteiger partial charge in [-0.3, -0.25) is 5.10 Å². The van der Waals surface area contributed by atoms with E-state index < -0.39 is 7.12 Å². The zero-order chi connectivity index (χ0) is 16.0. The second kappa shape index (κ2) is 5.40. The molecule has 2 aromatic heterocycles. The summed E-state index contributed by atoms with van der Waals surface area (Å²) in [6.07, 6.45) is 3.72. The average Bonchev–Trinajstić information content (AvgIpc) is 2.95. The third kappa shape index (κ3) is 2.57. The monoisotopic (exact) mass is 317 g/mol. The fraction of sp³-hybridized carbons (Fsp3) is 0.467. The molecule has 1 saturated heterocycles. The molecule has 2 aromatic rings. The highest BCUT2D eigenvalue weighted by Crippen LogP contribution is 2.39. The Morgan fingerprint density at radius 3 is 2.64 bits per heavy atom. The van der Waals surface area contributed by atoms with Gasteiger partial charge in [-0.2, -0.15) is 17.7 Å². The molecule has 0 aliphatic carbocycles. The van der Waals surface area contributed by atoms with Crippen molar-refractivity contribution in [3.8, 4) is 0 Å². The van der Waals surface area contributed by atoms with Crippen LogP contribution in [0.15, 0.2) is 23.8 Å². The number of fused-ring (bicyclic) bond motifs is 1. The summed E-state index contributed by atoms with van der Waals surface area (Å²) in [6.45, 7) is 8.16. The minimum Gasteiger partial charge on any atom is -0.400 e. The van der Waals surface area contributed by atoms with Gasteiger partial charge in [-0.05, 0) is 51.4 Å². The van der Waals surface area contributed by atoms with Crippen molar-refractivity contribution >= 4 is 36.9 Å². The minimum absolute atomic E-state index is 0.364. The van der Waals surface area contributed by atoms with E-state index in [0.717, 1.165) is 16.6 Å². The molecule has 0 saturated carbocycles. The number of pyridine rings is 1. The van der Waals surface area contributed by atoms with Crippen LogP contribution < -0.4 is 0 Å². The lowest BCUT2D eigenvalue weighted by atomic mass is 9.78. The van der Waals surface area contributed by atoms with Gasteiger partial charge >= 0.3 is 7.12 Å². The van der Waals surface area contributed by atoms with E-state index in [9.17, 15) is 0 Å². The molecular weight excluding hydrogens is 297 g/mol. The van der Waals surface area contributed by atoms with Crippen molar-refractivity contribution in [1.82, 2.24) is 15.2 Å². The summed E-state index contributed by atoms with van der Waals surface area (Å²) in [5, 5.41) is 8.18. The van der Waals surface area contributed by atoms with Crippen LogP contribution in [-0.4, -0.2) is 39.3 Å². The van der Waals surface area contributed by atoms with Crippen molar-refractivity contribution in [2.75, 3.05) is 5.75 Å². The van der Waals surface area contributed by atoms with Gasteiger partial charge in [0.25, 0.3) is 0 Å². The number of nitrogens with zero attached hydrogens (tertiary/aromatic N) is 2. The van der Waals surface area contributed by atoms with E-state index in [2.05, 4.69) is 27.8 Å². The van der Waals surface area contributed by atoms with Gasteiger partial charge in [-0.25, -0.2) is 4.98 Å². The van der Waals surface area contributed by atoms with Crippen LogP contribution in [0.2, 0.25) is 0 Å². The first-order valence-electron chi connectivity index (χ1n) is 7.30. The minimum atomic E-state index is -0.405. The normalized spacial score (nSPS) is 20.8. The summed E-state index contributed by atoms with van der Waals surface area (Å²) in [5.74, 6) is 0.539. The molecule has 3 heterocycles. The van der Waals surface area contributed by atoms with Crippen molar-refractivity contribution in [3.63, 3.8) is 0 Å². The van der Waals surface area contributed by atoms with E-state index >= 15 is 0 Å². The van der Waals surface area contributed by atoms with Gasteiger partial charge in [-0.1, -0.05) is 0 Å². The van der Waals surface area contributed by atoms with Crippen molar-refractivity contribution in [2.24, 2.45) is 0 Å². The van der Waals surface area contributed by atoms with E-state index in [1.54, 1.807) is 6.20 Å². The SMILES string of the molecule is CC1(C)OB(C(=Cc2[nH]nc3ncccc23)CS)OC1(C)C. The van der Waals surface area contributed by atoms with Crippen LogP contribution in [0.25, 0.3) is 17.1 Å². The summed E-state index contributed by atoms with van der Waals surface area (Å²) in [7, 11) is -0.405. The molecule has 3 rings (SSSR count). The van der Waals surface area contributed by atoms with E-state index in [1.807, 2.05) is 45.9 Å². The molecule has 0 amide bonds. The van der Waals surface area contributed by atoms with Gasteiger partial charge in [0.05, 0.1) is 16.9 Å². The summed E-state index contributed by atoms with van der Waals surface area (Å²) in [5.41, 5.74) is 1.81. The van der Waals surface area contributed by atoms with Crippen LogP contribution in [0.3, 0.4) is 0 Å². The van der Waals surface area contributed by atoms with E-state index in [1.165, 1.54) is 0 Å². The fourth-order valence-electron chi connectivity index (χ4n) is 2.35. The maximum Gasteiger partial charge on any atom is 0.491 e. The maximum absolute atomic E-state index is 6.09. The maximum atomic E-state index is 6.09. The van der Waals surface area contributed by atoms with Crippen LogP contribution in [0.5, 0.6) is 0 Å². The van der Waals surface area contributed by atoms with Crippen LogP contribution in [-0.2, 0) is 9.31 Å². The zero-order valence-electron chi connectivity index (χ0n) is 13.3. The summed E-state index contributed by atoms with van der Waals surface area (Å²) in [6, 6.07) is 3.88. The van der Waals surface area contributed by atoms with Crippen LogP contribution >= 0.6 is 12.6 Å². The molecule has 116 valence electrons. The van der Waals surface area contributed by atoms with Gasteiger partial charge in [0.15, 0.2) is 5.65 Å². The van der Waals surface area contributed by atoms with Gasteiger partial charge in [0, 0.05) is 17.3 Å². The van der Waals surface area contributed by atoms with Crippen molar-refractivity contribution in [2.45, 2.75) is 38.9 Å². The summed E-state index contributed by atoms with van der Waals surface area (Å²) in [4.78, 5) is 4.23. The number of aromatic nitrogens is 3. The predicted molar refractivity (Wildman–Crippen MR) is 91.8 cm³/mol. The quantitative estimate of drug-likeness (QED) is 0.675. The Bertz CT molecular complexity index is 710. The van der Waals surface area contributed by atoms with Crippen molar-refractivity contribution in [1.29, 1.82) is 0 Å². The highest BCUT2D eigenvalue weighted by atomic mass is 32.1. The van der Waals surface area contributed by atoms with Crippen LogP contribution in [0, 0.1) is 0 Å². The third-order valence-corrected chi connectivity index (χ3v) is 4.79. The summed E-state index contributed by atoms with van der Waals surface area (Å²) >= 11 is 4.43. The Morgan fingerprint density at radius 1 is 1.32 bits per heavy atom. The molecular formula is C15H20BN3O2S. The molecule has 0 atom stereocenters. The first kappa shape index (κ1) is 15.6. The van der Waals surface area contributed by atoms with E-state index in [-0.39, 0.29) is 11.2 Å². The van der Waals surface area contributed by atoms with Crippen molar-refractivity contribution in [3.05, 3.63) is 29.5 Å². The van der Waals surface area contributed by atoms with Gasteiger partial charge in [-0.15, -0.1) is 0 Å². The first-order chi connectivity index (χ1) is 10.3. The van der Waals surface area contributed by atoms with Gasteiger partial charge in [0.1, 0.15) is 0 Å². The molecule has 5 nitrogen and oxygen atoms in total. The zero-order valence-corrected chi connectivity index (χ0v) is 14.1. The number of rotatable bonds is 3. The first-order valence-corrected chi connectivity index (χ1v) is 7.93. The molecule has 7 heteroatoms. The Morgan fingerprint density at radius 2 is 2.00 bits per heavy atom. The standard InChI is InChI=1S/C15H20BN3O2S/c1-14(2)15(3,4)21-16(20-14)10(9-22)8-12-11-6-5-7-17-13(11)19-18-12/h5-8,22H,9H2,1-4H3,(H,17,18,19). The fourth-order valence-corrected chi connectivity index (χ4v) is 2.59. The summed E-state index contributed by atoms with van der Waals surface area (Å²) < 4.78 is 12.2. The lowest BCUT2D eigenvalue weighted by molar-refractivity contribution is 0.00578. The molecule has 0 bridgehead atoms. The van der Waals surface area contributed by atoms with Gasteiger partial charge in [0.2, 0.25) is 0 Å². The number of hydrogen-bond acceptors (Lipinski definition) is 5. The van der Waals surface area contributed by atoms with Gasteiger partial charge < -0.3 is 9.31 Å². The third-order valence-electron chi connectivity index (χ3n) is 4.43. The molecule has 1 aliphatic heterocycles. The Kier molecular flexibility index (Phi) is 3.83. The highest BCUT2D eigenvalue weighted by Gasteiger charge is 2.52. The Balaban J connectivity index is 1.95. The molecule has 0 radical (unpaired) electrons. The lowest BCUT2D eigenvalue weighted by Crippen LogP contribution is -2.41. The molecule has 0 unspecified atom stereocenters. The smallest absolute Gasteiger partial charge is 0.400 e. The second-order valence-electron chi connectivity index (χ2n) is 6.48. The van der Waals surface area contributed by atoms with Crippen LogP contribution in [0.1, 0.15) is 33.4 Å². The van der Waals surface area contributed by atoms with E-state index in [0.29, 0.717) is 11.4 Å². The molecule has 0 spiro atoms. The topological polar surface area (TPSA) is 60.0 Å². The lowest BCUT2D eigenvalue weighted by Gasteiger charge is -2.32. The molecule has 0 aromatic carbocycles. The molecule has 1 N–H and O–H groups in total. The second-order valence-corrected chi connectivity index (χ2v) is 6.79. The van der Waals surface area contributed by atoms with Crippen LogP contribution in [0.4, 0.5) is 0 Å². The molecule has 1 fully saturated rings. The predicted octanol–water partition coefficient (Wildman–Crippen LogP) is 2.90. The van der Waals surface area contributed by atoms with E-state index in [4.69, 9.17) is 9.31 Å². The number of thiol groups is 1. The largest absolute Gasteiger partial charge is 0.491 e. The average molecular weight is 317 g/mol. The number of aromatic amines is 1. The molecule has 22 heavy (non-hydrogen) atoms. The Hall–Kier alpha value is -1.31. The highest BCUT2D eigenvalue weighted by molar-refractivity contribution is 7.80. The number of hydrogen-bond donors (Lipinski definition) is 2. The number of H-pyrrole nitrogens is 1. The molecule has 1 aliphatic rings.